The zero-order valence-corrected chi connectivity index (χ0v) is 12.0. The van der Waals surface area contributed by atoms with Crippen molar-refractivity contribution < 1.29 is 0 Å². The van der Waals surface area contributed by atoms with Crippen LogP contribution in [0, 0.1) is 0 Å². The SMILES string of the molecule is S=C(Nc1cccnc1)Nc1cccc2c1CCCC2. The van der Waals surface area contributed by atoms with E-state index in [1.165, 1.54) is 30.4 Å². The van der Waals surface area contributed by atoms with Crippen molar-refractivity contribution in [2.75, 3.05) is 10.6 Å². The molecule has 0 aliphatic heterocycles. The average molecular weight is 283 g/mol. The Hall–Kier alpha value is -1.94. The Morgan fingerprint density at radius 2 is 1.95 bits per heavy atom. The Balaban J connectivity index is 1.73. The highest BCUT2D eigenvalue weighted by molar-refractivity contribution is 7.80. The van der Waals surface area contributed by atoms with Crippen molar-refractivity contribution in [2.24, 2.45) is 0 Å². The van der Waals surface area contributed by atoms with Crippen molar-refractivity contribution >= 4 is 28.7 Å². The molecule has 1 aliphatic rings. The minimum Gasteiger partial charge on any atom is -0.332 e. The second kappa shape index (κ2) is 6.01. The van der Waals surface area contributed by atoms with Crippen LogP contribution in [0.1, 0.15) is 24.0 Å². The molecule has 2 aromatic rings. The molecule has 3 nitrogen and oxygen atoms in total. The van der Waals surface area contributed by atoms with Gasteiger partial charge < -0.3 is 10.6 Å². The average Bonchev–Trinajstić information content (AvgIpc) is 2.48. The number of thiocarbonyl (C=S) groups is 1. The van der Waals surface area contributed by atoms with E-state index in [4.69, 9.17) is 12.2 Å². The van der Waals surface area contributed by atoms with Gasteiger partial charge in [-0.2, -0.15) is 0 Å². The molecule has 1 aromatic carbocycles. The molecule has 1 aromatic heterocycles. The van der Waals surface area contributed by atoms with E-state index in [1.54, 1.807) is 12.4 Å². The third-order valence-electron chi connectivity index (χ3n) is 3.56. The summed E-state index contributed by atoms with van der Waals surface area (Å²) in [5.41, 5.74) is 4.89. The van der Waals surface area contributed by atoms with Gasteiger partial charge in [0.25, 0.3) is 0 Å². The first-order valence-electron chi connectivity index (χ1n) is 6.92. The summed E-state index contributed by atoms with van der Waals surface area (Å²) in [5.74, 6) is 0. The van der Waals surface area contributed by atoms with Gasteiger partial charge in [0.05, 0.1) is 11.9 Å². The minimum atomic E-state index is 0.608. The van der Waals surface area contributed by atoms with Crippen LogP contribution in [0.25, 0.3) is 0 Å². The number of anilines is 2. The van der Waals surface area contributed by atoms with Crippen LogP contribution in [0.4, 0.5) is 11.4 Å². The normalized spacial score (nSPS) is 13.4. The lowest BCUT2D eigenvalue weighted by Crippen LogP contribution is -2.20. The fraction of sp³-hybridized carbons (Fsp3) is 0.250. The number of nitrogens with zero attached hydrogens (tertiary/aromatic N) is 1. The monoisotopic (exact) mass is 283 g/mol. The summed E-state index contributed by atoms with van der Waals surface area (Å²) in [6, 6.07) is 10.2. The first-order chi connectivity index (χ1) is 9.83. The predicted molar refractivity (Wildman–Crippen MR) is 87.2 cm³/mol. The summed E-state index contributed by atoms with van der Waals surface area (Å²) in [7, 11) is 0. The molecule has 0 unspecified atom stereocenters. The van der Waals surface area contributed by atoms with Gasteiger partial charge in [0.1, 0.15) is 0 Å². The van der Waals surface area contributed by atoms with E-state index in [1.807, 2.05) is 12.1 Å². The number of benzene rings is 1. The topological polar surface area (TPSA) is 37.0 Å². The van der Waals surface area contributed by atoms with Crippen molar-refractivity contribution in [3.8, 4) is 0 Å². The van der Waals surface area contributed by atoms with Gasteiger partial charge in [-0.15, -0.1) is 0 Å². The van der Waals surface area contributed by atoms with Crippen LogP contribution in [-0.4, -0.2) is 10.1 Å². The third-order valence-corrected chi connectivity index (χ3v) is 3.77. The molecule has 20 heavy (non-hydrogen) atoms. The summed E-state index contributed by atoms with van der Waals surface area (Å²) >= 11 is 5.37. The molecule has 1 aliphatic carbocycles. The van der Waals surface area contributed by atoms with Crippen LogP contribution in [-0.2, 0) is 12.8 Å². The number of aromatic nitrogens is 1. The molecule has 0 fully saturated rings. The molecule has 0 saturated carbocycles. The van der Waals surface area contributed by atoms with E-state index in [2.05, 4.69) is 33.8 Å². The Morgan fingerprint density at radius 3 is 2.80 bits per heavy atom. The molecular formula is C16H17N3S. The van der Waals surface area contributed by atoms with E-state index in [-0.39, 0.29) is 0 Å². The molecule has 0 bridgehead atoms. The molecule has 102 valence electrons. The van der Waals surface area contributed by atoms with Gasteiger partial charge in [0.2, 0.25) is 0 Å². The smallest absolute Gasteiger partial charge is 0.175 e. The fourth-order valence-corrected chi connectivity index (χ4v) is 2.85. The summed E-state index contributed by atoms with van der Waals surface area (Å²) in [6.07, 6.45) is 8.36. The maximum absolute atomic E-state index is 5.37. The number of hydrogen-bond donors (Lipinski definition) is 2. The molecule has 0 saturated heterocycles. The largest absolute Gasteiger partial charge is 0.332 e. The van der Waals surface area contributed by atoms with Gasteiger partial charge in [-0.25, -0.2) is 0 Å². The standard InChI is InChI=1S/C16H17N3S/c20-16(18-13-7-4-10-17-11-13)19-15-9-3-6-12-5-1-2-8-14(12)15/h3-4,6-7,9-11H,1-2,5,8H2,(H2,18,19,20). The lowest BCUT2D eigenvalue weighted by molar-refractivity contribution is 0.687. The van der Waals surface area contributed by atoms with Crippen molar-refractivity contribution in [2.45, 2.75) is 25.7 Å². The van der Waals surface area contributed by atoms with E-state index in [0.29, 0.717) is 5.11 Å². The first-order valence-corrected chi connectivity index (χ1v) is 7.32. The maximum atomic E-state index is 5.37. The molecule has 0 amide bonds. The second-order valence-electron chi connectivity index (χ2n) is 4.97. The van der Waals surface area contributed by atoms with Crippen molar-refractivity contribution in [1.82, 2.24) is 4.98 Å². The van der Waals surface area contributed by atoms with Crippen LogP contribution in [0.2, 0.25) is 0 Å². The lowest BCUT2D eigenvalue weighted by Gasteiger charge is -2.20. The highest BCUT2D eigenvalue weighted by atomic mass is 32.1. The van der Waals surface area contributed by atoms with Gasteiger partial charge in [-0.1, -0.05) is 12.1 Å². The molecule has 0 atom stereocenters. The molecule has 3 rings (SSSR count). The molecule has 1 heterocycles. The van der Waals surface area contributed by atoms with E-state index in [0.717, 1.165) is 17.8 Å². The quantitative estimate of drug-likeness (QED) is 0.823. The van der Waals surface area contributed by atoms with Crippen molar-refractivity contribution in [1.29, 1.82) is 0 Å². The summed E-state index contributed by atoms with van der Waals surface area (Å²) in [4.78, 5) is 4.07. The summed E-state index contributed by atoms with van der Waals surface area (Å²) < 4.78 is 0. The van der Waals surface area contributed by atoms with E-state index >= 15 is 0 Å². The molecular weight excluding hydrogens is 266 g/mol. The van der Waals surface area contributed by atoms with Crippen LogP contribution in [0.15, 0.2) is 42.7 Å². The van der Waals surface area contributed by atoms with Gasteiger partial charge in [-0.3, -0.25) is 4.98 Å². The van der Waals surface area contributed by atoms with Gasteiger partial charge in [0.15, 0.2) is 5.11 Å². The summed E-state index contributed by atoms with van der Waals surface area (Å²) in [5, 5.41) is 7.07. The van der Waals surface area contributed by atoms with Crippen molar-refractivity contribution in [3.63, 3.8) is 0 Å². The molecule has 0 radical (unpaired) electrons. The highest BCUT2D eigenvalue weighted by Crippen LogP contribution is 2.27. The van der Waals surface area contributed by atoms with E-state index in [9.17, 15) is 0 Å². The second-order valence-corrected chi connectivity index (χ2v) is 5.38. The van der Waals surface area contributed by atoms with Crippen LogP contribution < -0.4 is 10.6 Å². The molecule has 4 heteroatoms. The van der Waals surface area contributed by atoms with E-state index < -0.39 is 0 Å². The highest BCUT2D eigenvalue weighted by Gasteiger charge is 2.13. The Kier molecular flexibility index (Phi) is 3.92. The maximum Gasteiger partial charge on any atom is 0.175 e. The van der Waals surface area contributed by atoms with Gasteiger partial charge in [-0.05, 0) is 67.2 Å². The zero-order chi connectivity index (χ0) is 13.8. The Labute approximate surface area is 124 Å². The lowest BCUT2D eigenvalue weighted by atomic mass is 9.90. The number of rotatable bonds is 2. The summed E-state index contributed by atoms with van der Waals surface area (Å²) in [6.45, 7) is 0. The Bertz CT molecular complexity index is 610. The van der Waals surface area contributed by atoms with Gasteiger partial charge >= 0.3 is 0 Å². The number of fused-ring (bicyclic) bond motifs is 1. The van der Waals surface area contributed by atoms with Gasteiger partial charge in [0, 0.05) is 11.9 Å². The Morgan fingerprint density at radius 1 is 1.05 bits per heavy atom. The van der Waals surface area contributed by atoms with Crippen LogP contribution in [0.5, 0.6) is 0 Å². The molecule has 0 spiro atoms. The first kappa shape index (κ1) is 13.1. The number of aryl methyl sites for hydroxylation is 1. The number of nitrogens with one attached hydrogen (secondary N) is 2. The predicted octanol–water partition coefficient (Wildman–Crippen LogP) is 3.77. The number of hydrogen-bond acceptors (Lipinski definition) is 2. The minimum absolute atomic E-state index is 0.608. The van der Waals surface area contributed by atoms with Crippen LogP contribution >= 0.6 is 12.2 Å². The number of pyridine rings is 1. The zero-order valence-electron chi connectivity index (χ0n) is 11.2. The third kappa shape index (κ3) is 2.96. The molecule has 2 N–H and O–H groups in total. The fourth-order valence-electron chi connectivity index (χ4n) is 2.62. The van der Waals surface area contributed by atoms with Crippen LogP contribution in [0.3, 0.4) is 0 Å². The van der Waals surface area contributed by atoms with Crippen molar-refractivity contribution in [3.05, 3.63) is 53.9 Å².